The van der Waals surface area contributed by atoms with Crippen LogP contribution in [-0.2, 0) is 14.3 Å². The molecule has 0 atom stereocenters. The predicted molar refractivity (Wildman–Crippen MR) is 106 cm³/mol. The normalized spacial score (nSPS) is 10.3. The van der Waals surface area contributed by atoms with Crippen molar-refractivity contribution in [2.24, 2.45) is 0 Å². The van der Waals surface area contributed by atoms with Crippen molar-refractivity contribution >= 4 is 35.1 Å². The van der Waals surface area contributed by atoms with Crippen molar-refractivity contribution in [3.05, 3.63) is 58.1 Å². The molecule has 28 heavy (non-hydrogen) atoms. The second kappa shape index (κ2) is 9.23. The summed E-state index contributed by atoms with van der Waals surface area (Å²) in [6.45, 7) is 3.03. The van der Waals surface area contributed by atoms with Gasteiger partial charge in [-0.2, -0.15) is 0 Å². The lowest BCUT2D eigenvalue weighted by Crippen LogP contribution is -2.37. The highest BCUT2D eigenvalue weighted by Crippen LogP contribution is 2.22. The van der Waals surface area contributed by atoms with Crippen molar-refractivity contribution in [2.75, 3.05) is 25.5 Å². The topological polar surface area (TPSA) is 95.9 Å². The van der Waals surface area contributed by atoms with Crippen molar-refractivity contribution in [1.82, 2.24) is 4.90 Å². The Morgan fingerprint density at radius 3 is 2.54 bits per heavy atom. The van der Waals surface area contributed by atoms with Crippen LogP contribution in [0, 0.1) is 13.8 Å². The van der Waals surface area contributed by atoms with E-state index in [4.69, 9.17) is 16.3 Å². The molecule has 0 radical (unpaired) electrons. The average Bonchev–Trinajstić information content (AvgIpc) is 2.62. The quantitative estimate of drug-likeness (QED) is 0.721. The second-order valence-electron chi connectivity index (χ2n) is 6.35. The number of carbonyl (C=O) groups excluding carboxylic acids is 3. The van der Waals surface area contributed by atoms with Gasteiger partial charge in [0.2, 0.25) is 5.91 Å². The van der Waals surface area contributed by atoms with Crippen LogP contribution in [0.5, 0.6) is 5.75 Å². The van der Waals surface area contributed by atoms with E-state index in [1.807, 2.05) is 32.0 Å². The number of esters is 1. The SMILES string of the molecule is Cc1ccc(C)c(NC(=O)CN(C)C(=O)COC(=O)c2ccc(Cl)cc2O)c1. The molecule has 0 fully saturated rings. The number of ether oxygens (including phenoxy) is 1. The maximum absolute atomic E-state index is 12.2. The fourth-order valence-electron chi connectivity index (χ4n) is 2.36. The molecule has 0 aromatic heterocycles. The first-order valence-corrected chi connectivity index (χ1v) is 8.82. The number of benzene rings is 2. The molecule has 0 saturated heterocycles. The van der Waals surface area contributed by atoms with E-state index in [0.29, 0.717) is 5.69 Å². The fraction of sp³-hybridized carbons (Fsp3) is 0.250. The fourth-order valence-corrected chi connectivity index (χ4v) is 2.52. The molecule has 2 N–H and O–H groups in total. The average molecular weight is 405 g/mol. The van der Waals surface area contributed by atoms with E-state index in [2.05, 4.69) is 5.32 Å². The van der Waals surface area contributed by atoms with E-state index >= 15 is 0 Å². The maximum Gasteiger partial charge on any atom is 0.342 e. The van der Waals surface area contributed by atoms with E-state index in [9.17, 15) is 19.5 Å². The molecule has 0 aliphatic rings. The number of nitrogens with one attached hydrogen (secondary N) is 1. The van der Waals surface area contributed by atoms with Crippen molar-refractivity contribution < 1.29 is 24.2 Å². The molecule has 2 rings (SSSR count). The van der Waals surface area contributed by atoms with Gasteiger partial charge in [-0.15, -0.1) is 0 Å². The second-order valence-corrected chi connectivity index (χ2v) is 6.79. The molecule has 7 nitrogen and oxygen atoms in total. The van der Waals surface area contributed by atoms with Gasteiger partial charge in [0.25, 0.3) is 5.91 Å². The Hall–Kier alpha value is -3.06. The minimum Gasteiger partial charge on any atom is -0.507 e. The zero-order valence-electron chi connectivity index (χ0n) is 15.8. The zero-order chi connectivity index (χ0) is 20.8. The molecule has 0 spiro atoms. The Balaban J connectivity index is 1.87. The van der Waals surface area contributed by atoms with Gasteiger partial charge in [-0.05, 0) is 49.2 Å². The molecule has 0 aliphatic heterocycles. The van der Waals surface area contributed by atoms with E-state index in [-0.39, 0.29) is 28.8 Å². The number of amides is 2. The van der Waals surface area contributed by atoms with E-state index in [0.717, 1.165) is 16.0 Å². The van der Waals surface area contributed by atoms with Crippen LogP contribution >= 0.6 is 11.6 Å². The number of nitrogens with zero attached hydrogens (tertiary/aromatic N) is 1. The van der Waals surface area contributed by atoms with Crippen LogP contribution in [0.1, 0.15) is 21.5 Å². The van der Waals surface area contributed by atoms with Gasteiger partial charge in [0.05, 0.1) is 6.54 Å². The number of phenolic OH excluding ortho intramolecular Hbond substituents is 1. The molecule has 148 valence electrons. The Morgan fingerprint density at radius 1 is 1.14 bits per heavy atom. The highest BCUT2D eigenvalue weighted by atomic mass is 35.5. The monoisotopic (exact) mass is 404 g/mol. The first-order chi connectivity index (χ1) is 13.2. The van der Waals surface area contributed by atoms with Crippen LogP contribution in [0.15, 0.2) is 36.4 Å². The van der Waals surface area contributed by atoms with Gasteiger partial charge in [-0.3, -0.25) is 9.59 Å². The third kappa shape index (κ3) is 5.72. The number of rotatable bonds is 6. The van der Waals surface area contributed by atoms with Crippen LogP contribution < -0.4 is 5.32 Å². The van der Waals surface area contributed by atoms with E-state index in [1.165, 1.54) is 25.2 Å². The van der Waals surface area contributed by atoms with Gasteiger partial charge >= 0.3 is 5.97 Å². The third-order valence-electron chi connectivity index (χ3n) is 3.98. The van der Waals surface area contributed by atoms with Crippen LogP contribution in [0.4, 0.5) is 5.69 Å². The van der Waals surface area contributed by atoms with Gasteiger partial charge in [0.1, 0.15) is 11.3 Å². The van der Waals surface area contributed by atoms with E-state index in [1.54, 1.807) is 0 Å². The number of carbonyl (C=O) groups is 3. The standard InChI is InChI=1S/C20H21ClN2O5/c1-12-4-5-13(2)16(8-12)22-18(25)10-23(3)19(26)11-28-20(27)15-7-6-14(21)9-17(15)24/h4-9,24H,10-11H2,1-3H3,(H,22,25). The molecule has 0 saturated carbocycles. The molecule has 0 unspecified atom stereocenters. The Bertz CT molecular complexity index is 913. The number of anilines is 1. The predicted octanol–water partition coefficient (Wildman–Crippen LogP) is 2.92. The summed E-state index contributed by atoms with van der Waals surface area (Å²) in [6, 6.07) is 9.59. The van der Waals surface area contributed by atoms with Crippen LogP contribution in [0.3, 0.4) is 0 Å². The summed E-state index contributed by atoms with van der Waals surface area (Å²) in [5, 5.41) is 12.7. The van der Waals surface area contributed by atoms with Gasteiger partial charge in [0, 0.05) is 17.8 Å². The number of phenols is 1. The summed E-state index contributed by atoms with van der Waals surface area (Å²) >= 11 is 5.70. The summed E-state index contributed by atoms with van der Waals surface area (Å²) in [5.41, 5.74) is 2.48. The van der Waals surface area contributed by atoms with Gasteiger partial charge in [-0.25, -0.2) is 4.79 Å². The summed E-state index contributed by atoms with van der Waals surface area (Å²) in [4.78, 5) is 37.4. The largest absolute Gasteiger partial charge is 0.507 e. The number of hydrogen-bond donors (Lipinski definition) is 2. The lowest BCUT2D eigenvalue weighted by atomic mass is 10.1. The summed E-state index contributed by atoms with van der Waals surface area (Å²) < 4.78 is 4.90. The van der Waals surface area contributed by atoms with Gasteiger partial charge in [0.15, 0.2) is 6.61 Å². The number of aromatic hydroxyl groups is 1. The lowest BCUT2D eigenvalue weighted by molar-refractivity contribution is -0.136. The van der Waals surface area contributed by atoms with Crippen LogP contribution in [0.25, 0.3) is 0 Å². The Morgan fingerprint density at radius 2 is 1.86 bits per heavy atom. The molecule has 2 amide bonds. The number of likely N-dealkylation sites (N-methyl/N-ethyl adjacent to an activating group) is 1. The van der Waals surface area contributed by atoms with Gasteiger partial charge in [-0.1, -0.05) is 23.7 Å². The van der Waals surface area contributed by atoms with Crippen molar-refractivity contribution in [2.45, 2.75) is 13.8 Å². The van der Waals surface area contributed by atoms with Crippen LogP contribution in [0.2, 0.25) is 5.02 Å². The Labute approximate surface area is 167 Å². The molecule has 0 heterocycles. The highest BCUT2D eigenvalue weighted by molar-refractivity contribution is 6.30. The maximum atomic E-state index is 12.2. The van der Waals surface area contributed by atoms with E-state index < -0.39 is 18.5 Å². The lowest BCUT2D eigenvalue weighted by Gasteiger charge is -2.17. The first-order valence-electron chi connectivity index (χ1n) is 8.44. The molecular formula is C20H21ClN2O5. The van der Waals surface area contributed by atoms with Crippen LogP contribution in [-0.4, -0.2) is 48.0 Å². The Kier molecular flexibility index (Phi) is 7.00. The zero-order valence-corrected chi connectivity index (χ0v) is 16.5. The highest BCUT2D eigenvalue weighted by Gasteiger charge is 2.18. The number of halogens is 1. The molecular weight excluding hydrogens is 384 g/mol. The van der Waals surface area contributed by atoms with Gasteiger partial charge < -0.3 is 20.1 Å². The van der Waals surface area contributed by atoms with Crippen molar-refractivity contribution in [3.8, 4) is 5.75 Å². The minimum absolute atomic E-state index is 0.104. The molecule has 0 bridgehead atoms. The summed E-state index contributed by atoms with van der Waals surface area (Å²) in [7, 11) is 1.43. The molecule has 0 aliphatic carbocycles. The molecule has 2 aromatic carbocycles. The third-order valence-corrected chi connectivity index (χ3v) is 4.22. The van der Waals surface area contributed by atoms with Crippen molar-refractivity contribution in [3.63, 3.8) is 0 Å². The number of aryl methyl sites for hydroxylation is 2. The van der Waals surface area contributed by atoms with Crippen molar-refractivity contribution in [1.29, 1.82) is 0 Å². The first kappa shape index (κ1) is 21.2. The summed E-state index contributed by atoms with van der Waals surface area (Å²) in [5.74, 6) is -2.13. The minimum atomic E-state index is -0.865. The molecule has 2 aromatic rings. The molecule has 8 heteroatoms. The smallest absolute Gasteiger partial charge is 0.342 e. The summed E-state index contributed by atoms with van der Waals surface area (Å²) in [6.07, 6.45) is 0. The number of hydrogen-bond acceptors (Lipinski definition) is 5.